The second-order valence-corrected chi connectivity index (χ2v) is 10.8. The smallest absolute Gasteiger partial charge is 0.338 e. The summed E-state index contributed by atoms with van der Waals surface area (Å²) in [7, 11) is 0. The van der Waals surface area contributed by atoms with Crippen molar-refractivity contribution in [1.29, 1.82) is 0 Å². The van der Waals surface area contributed by atoms with Crippen LogP contribution in [0.2, 0.25) is 0 Å². The van der Waals surface area contributed by atoms with Crippen LogP contribution >= 0.6 is 11.3 Å². The molecule has 1 aliphatic rings. The second-order valence-electron chi connectivity index (χ2n) is 9.83. The lowest BCUT2D eigenvalue weighted by Gasteiger charge is -2.33. The number of aromatic nitrogens is 1. The first-order chi connectivity index (χ1) is 19.0. The summed E-state index contributed by atoms with van der Waals surface area (Å²) in [5, 5.41) is 6.11. The number of thiophene rings is 1. The number of esters is 1. The Balaban J connectivity index is 1.55. The number of carbonyl (C=O) groups is 3. The number of para-hydroxylation sites is 1. The number of fused-ring (bicyclic) bond motifs is 1. The zero-order valence-corrected chi connectivity index (χ0v) is 22.8. The number of hydrogen-bond donors (Lipinski definition) is 2. The zero-order chi connectivity index (χ0) is 27.2. The van der Waals surface area contributed by atoms with Crippen molar-refractivity contribution >= 4 is 45.7 Å². The van der Waals surface area contributed by atoms with Crippen molar-refractivity contribution in [2.75, 3.05) is 11.5 Å². The number of hydrogen-bond acceptors (Lipinski definition) is 5. The Morgan fingerprint density at radius 3 is 2.64 bits per heavy atom. The first-order valence-electron chi connectivity index (χ1n) is 13.5. The number of nitrogens with zero attached hydrogens (tertiary/aromatic N) is 1. The van der Waals surface area contributed by atoms with Crippen molar-refractivity contribution in [3.8, 4) is 0 Å². The number of rotatable bonds is 9. The van der Waals surface area contributed by atoms with Gasteiger partial charge in [0.2, 0.25) is 11.8 Å². The van der Waals surface area contributed by atoms with Crippen molar-refractivity contribution in [3.05, 3.63) is 88.2 Å². The molecule has 1 saturated carbocycles. The van der Waals surface area contributed by atoms with Gasteiger partial charge >= 0.3 is 5.97 Å². The molecule has 1 unspecified atom stereocenters. The Labute approximate surface area is 232 Å². The summed E-state index contributed by atoms with van der Waals surface area (Å²) in [6.07, 6.45) is 7.15. The van der Waals surface area contributed by atoms with Gasteiger partial charge in [-0.1, -0.05) is 49.6 Å². The van der Waals surface area contributed by atoms with Crippen LogP contribution in [0.4, 0.5) is 5.69 Å². The number of aromatic amines is 1. The highest BCUT2D eigenvalue weighted by atomic mass is 32.1. The molecule has 1 atom stereocenters. The molecule has 8 heteroatoms. The molecule has 202 valence electrons. The second kappa shape index (κ2) is 12.3. The maximum Gasteiger partial charge on any atom is 0.338 e. The van der Waals surface area contributed by atoms with Crippen molar-refractivity contribution in [1.82, 2.24) is 10.3 Å². The fourth-order valence-corrected chi connectivity index (χ4v) is 6.12. The Morgan fingerprint density at radius 2 is 1.87 bits per heavy atom. The number of H-pyrrole nitrogens is 1. The highest BCUT2D eigenvalue weighted by molar-refractivity contribution is 7.10. The molecule has 1 aliphatic carbocycles. The average Bonchev–Trinajstić information content (AvgIpc) is 3.63. The molecule has 0 saturated heterocycles. The molecule has 0 spiro atoms. The van der Waals surface area contributed by atoms with E-state index in [2.05, 4.69) is 10.3 Å². The maximum absolute atomic E-state index is 14.2. The highest BCUT2D eigenvalue weighted by Crippen LogP contribution is 2.33. The van der Waals surface area contributed by atoms with Gasteiger partial charge in [-0.3, -0.25) is 14.5 Å². The van der Waals surface area contributed by atoms with Crippen molar-refractivity contribution < 1.29 is 19.1 Å². The lowest BCUT2D eigenvalue weighted by molar-refractivity contribution is -0.127. The lowest BCUT2D eigenvalue weighted by atomic mass is 9.95. The van der Waals surface area contributed by atoms with E-state index in [1.165, 1.54) is 17.8 Å². The number of nitrogens with one attached hydrogen (secondary N) is 2. The molecule has 4 aromatic rings. The van der Waals surface area contributed by atoms with Gasteiger partial charge in [-0.25, -0.2) is 4.79 Å². The third kappa shape index (κ3) is 6.06. The molecule has 2 N–H and O–H groups in total. The SMILES string of the molecule is CCOC(=O)c1cccc(N(C(=O)Cc2c[nH]c3ccccc23)C(C(=O)NC2CCCCC2)c2cccs2)c1. The van der Waals surface area contributed by atoms with Gasteiger partial charge in [0, 0.05) is 33.7 Å². The van der Waals surface area contributed by atoms with Gasteiger partial charge in [-0.05, 0) is 61.0 Å². The molecule has 0 bridgehead atoms. The van der Waals surface area contributed by atoms with Crippen LogP contribution in [0.25, 0.3) is 10.9 Å². The molecule has 2 aromatic heterocycles. The number of carbonyl (C=O) groups excluding carboxylic acids is 3. The lowest BCUT2D eigenvalue weighted by Crippen LogP contribution is -2.47. The predicted molar refractivity (Wildman–Crippen MR) is 154 cm³/mol. The van der Waals surface area contributed by atoms with E-state index < -0.39 is 12.0 Å². The Morgan fingerprint density at radius 1 is 1.05 bits per heavy atom. The van der Waals surface area contributed by atoms with Crippen molar-refractivity contribution in [2.24, 2.45) is 0 Å². The molecular formula is C31H33N3O4S. The van der Waals surface area contributed by atoms with Crippen LogP contribution in [0.5, 0.6) is 0 Å². The quantitative estimate of drug-likeness (QED) is 0.247. The molecule has 2 heterocycles. The number of amides is 2. The minimum Gasteiger partial charge on any atom is -0.462 e. The minimum absolute atomic E-state index is 0.0881. The average molecular weight is 544 g/mol. The molecule has 0 aliphatic heterocycles. The molecule has 1 fully saturated rings. The van der Waals surface area contributed by atoms with Gasteiger partial charge in [0.15, 0.2) is 0 Å². The number of ether oxygens (including phenoxy) is 1. The van der Waals surface area contributed by atoms with Crippen LogP contribution in [0.1, 0.15) is 65.9 Å². The van der Waals surface area contributed by atoms with Crippen LogP contribution in [0, 0.1) is 0 Å². The van der Waals surface area contributed by atoms with E-state index in [1.807, 2.05) is 48.0 Å². The minimum atomic E-state index is -0.873. The molecule has 39 heavy (non-hydrogen) atoms. The van der Waals surface area contributed by atoms with Gasteiger partial charge < -0.3 is 15.0 Å². The standard InChI is InChI=1S/C31H33N3O4S/c1-2-38-31(37)21-10-8-13-24(18-21)34(28(35)19-22-20-32-26-15-7-6-14-25(22)26)29(27-16-9-17-39-27)30(36)33-23-11-4-3-5-12-23/h6-10,13-18,20,23,29,32H,2-5,11-12,19H2,1H3,(H,33,36). The summed E-state index contributed by atoms with van der Waals surface area (Å²) in [6.45, 7) is 2.00. The van der Waals surface area contributed by atoms with Gasteiger partial charge in [0.1, 0.15) is 6.04 Å². The molecular weight excluding hydrogens is 510 g/mol. The van der Waals surface area contributed by atoms with E-state index in [1.54, 1.807) is 36.1 Å². The normalized spacial score (nSPS) is 14.6. The maximum atomic E-state index is 14.2. The zero-order valence-electron chi connectivity index (χ0n) is 22.0. The Kier molecular flexibility index (Phi) is 8.42. The van der Waals surface area contributed by atoms with Crippen molar-refractivity contribution in [2.45, 2.75) is 57.5 Å². The number of anilines is 1. The fraction of sp³-hybridized carbons (Fsp3) is 0.323. The van der Waals surface area contributed by atoms with Crippen LogP contribution in [-0.4, -0.2) is 35.4 Å². The molecule has 2 aromatic carbocycles. The summed E-state index contributed by atoms with van der Waals surface area (Å²) < 4.78 is 5.21. The van der Waals surface area contributed by atoms with E-state index in [0.717, 1.165) is 47.0 Å². The van der Waals surface area contributed by atoms with E-state index in [4.69, 9.17) is 4.74 Å². The summed E-state index contributed by atoms with van der Waals surface area (Å²) in [5.74, 6) is -0.918. The Bertz CT molecular complexity index is 1440. The molecule has 2 amide bonds. The van der Waals surface area contributed by atoms with Crippen molar-refractivity contribution in [3.63, 3.8) is 0 Å². The third-order valence-corrected chi connectivity index (χ3v) is 8.12. The summed E-state index contributed by atoms with van der Waals surface area (Å²) in [5.41, 5.74) is 2.60. The largest absolute Gasteiger partial charge is 0.462 e. The van der Waals surface area contributed by atoms with Gasteiger partial charge in [0.05, 0.1) is 18.6 Å². The van der Waals surface area contributed by atoms with Crippen LogP contribution < -0.4 is 10.2 Å². The fourth-order valence-electron chi connectivity index (χ4n) is 5.31. The van der Waals surface area contributed by atoms with Gasteiger partial charge in [-0.15, -0.1) is 11.3 Å². The van der Waals surface area contributed by atoms with Crippen LogP contribution in [0.15, 0.2) is 72.2 Å². The van der Waals surface area contributed by atoms with E-state index in [0.29, 0.717) is 11.3 Å². The summed E-state index contributed by atoms with van der Waals surface area (Å²) >= 11 is 1.44. The van der Waals surface area contributed by atoms with E-state index in [-0.39, 0.29) is 30.9 Å². The van der Waals surface area contributed by atoms with Gasteiger partial charge in [-0.2, -0.15) is 0 Å². The summed E-state index contributed by atoms with van der Waals surface area (Å²) in [6, 6.07) is 17.6. The van der Waals surface area contributed by atoms with Crippen LogP contribution in [0.3, 0.4) is 0 Å². The van der Waals surface area contributed by atoms with E-state index in [9.17, 15) is 14.4 Å². The first-order valence-corrected chi connectivity index (χ1v) is 14.4. The van der Waals surface area contributed by atoms with Gasteiger partial charge in [0.25, 0.3) is 0 Å². The Hall–Kier alpha value is -3.91. The molecule has 0 radical (unpaired) electrons. The number of benzene rings is 2. The highest BCUT2D eigenvalue weighted by Gasteiger charge is 2.35. The molecule has 7 nitrogen and oxygen atoms in total. The third-order valence-electron chi connectivity index (χ3n) is 7.19. The topological polar surface area (TPSA) is 91.5 Å². The molecule has 5 rings (SSSR count). The monoisotopic (exact) mass is 543 g/mol. The predicted octanol–water partition coefficient (Wildman–Crippen LogP) is 6.17. The first kappa shape index (κ1) is 26.7. The summed E-state index contributed by atoms with van der Waals surface area (Å²) in [4.78, 5) is 46.3. The van der Waals surface area contributed by atoms with E-state index >= 15 is 0 Å². The van der Waals surface area contributed by atoms with Crippen LogP contribution in [-0.2, 0) is 20.7 Å².